The maximum absolute atomic E-state index is 5.44. The van der Waals surface area contributed by atoms with Crippen LogP contribution in [0.25, 0.3) is 0 Å². The molecule has 1 nitrogen and oxygen atoms in total. The predicted octanol–water partition coefficient (Wildman–Crippen LogP) is 1.56. The van der Waals surface area contributed by atoms with E-state index in [2.05, 4.69) is 6.58 Å². The molecule has 13 heavy (non-hydrogen) atoms. The fraction of sp³-hybridized carbons (Fsp3) is 0.833. The second-order valence-electron chi connectivity index (χ2n) is 5.90. The summed E-state index contributed by atoms with van der Waals surface area (Å²) in [4.78, 5) is 0. The molecular formula is C12H14O. The van der Waals surface area contributed by atoms with Gasteiger partial charge in [-0.1, -0.05) is 12.2 Å². The average Bonchev–Trinajstić information content (AvgIpc) is 2.88. The van der Waals surface area contributed by atoms with Crippen LogP contribution in [0.1, 0.15) is 0 Å². The van der Waals surface area contributed by atoms with Gasteiger partial charge in [0.2, 0.25) is 0 Å². The van der Waals surface area contributed by atoms with Crippen LogP contribution in [-0.4, -0.2) is 13.7 Å². The van der Waals surface area contributed by atoms with E-state index in [1.165, 1.54) is 0 Å². The van der Waals surface area contributed by atoms with Crippen LogP contribution in [0.4, 0.5) is 0 Å². The van der Waals surface area contributed by atoms with Crippen LogP contribution in [-0.2, 0) is 4.74 Å². The van der Waals surface area contributed by atoms with E-state index in [1.807, 2.05) is 7.11 Å². The normalized spacial score (nSPS) is 77.9. The molecule has 2 bridgehead atoms. The van der Waals surface area contributed by atoms with Crippen LogP contribution >= 0.6 is 0 Å². The van der Waals surface area contributed by atoms with Crippen LogP contribution in [0, 0.1) is 46.8 Å². The first kappa shape index (κ1) is 6.23. The summed E-state index contributed by atoms with van der Waals surface area (Å²) in [5, 5.41) is 0. The zero-order valence-electron chi connectivity index (χ0n) is 7.86. The Morgan fingerprint density at radius 2 is 1.85 bits per heavy atom. The maximum atomic E-state index is 5.44. The van der Waals surface area contributed by atoms with Crippen molar-refractivity contribution in [2.24, 2.45) is 46.8 Å². The molecule has 6 fully saturated rings. The Morgan fingerprint density at radius 1 is 1.23 bits per heavy atom. The molecule has 0 spiro atoms. The minimum atomic E-state index is 0.695. The summed E-state index contributed by atoms with van der Waals surface area (Å²) in [6.07, 6.45) is 0. The summed E-state index contributed by atoms with van der Waals surface area (Å²) in [6, 6.07) is 0. The summed E-state index contributed by atoms with van der Waals surface area (Å²) in [5.41, 5.74) is 2.34. The third kappa shape index (κ3) is 0.331. The zero-order chi connectivity index (χ0) is 8.53. The summed E-state index contributed by atoms with van der Waals surface area (Å²) >= 11 is 0. The van der Waals surface area contributed by atoms with Crippen molar-refractivity contribution in [3.63, 3.8) is 0 Å². The highest BCUT2D eigenvalue weighted by atomic mass is 16.5. The average molecular weight is 174 g/mol. The van der Waals surface area contributed by atoms with E-state index in [0.717, 1.165) is 48.0 Å². The zero-order valence-corrected chi connectivity index (χ0v) is 7.86. The van der Waals surface area contributed by atoms with Crippen molar-refractivity contribution in [3.8, 4) is 0 Å². The van der Waals surface area contributed by atoms with Gasteiger partial charge < -0.3 is 4.74 Å². The van der Waals surface area contributed by atoms with Gasteiger partial charge in [-0.2, -0.15) is 0 Å². The van der Waals surface area contributed by atoms with Crippen LogP contribution in [0.2, 0.25) is 0 Å². The fourth-order valence-electron chi connectivity index (χ4n) is 6.28. The second-order valence-corrected chi connectivity index (χ2v) is 5.90. The number of hydrogen-bond donors (Lipinski definition) is 0. The first-order valence-corrected chi connectivity index (χ1v) is 5.51. The molecule has 0 heterocycles. The molecule has 1 heteroatoms. The lowest BCUT2D eigenvalue weighted by atomic mass is 9.97. The fourth-order valence-corrected chi connectivity index (χ4v) is 6.28. The summed E-state index contributed by atoms with van der Waals surface area (Å²) < 4.78 is 5.44. The second kappa shape index (κ2) is 1.33. The topological polar surface area (TPSA) is 9.23 Å². The number of methoxy groups -OCH3 is 1. The van der Waals surface area contributed by atoms with Crippen molar-refractivity contribution in [1.82, 2.24) is 0 Å². The van der Waals surface area contributed by atoms with Crippen molar-refractivity contribution in [1.29, 1.82) is 0 Å². The SMILES string of the molecule is C=C1C2C3C4C1C1C2C1(COC)C34. The van der Waals surface area contributed by atoms with Crippen LogP contribution in [0.5, 0.6) is 0 Å². The molecule has 0 aromatic rings. The largest absolute Gasteiger partial charge is 0.384 e. The number of hydrogen-bond acceptors (Lipinski definition) is 1. The lowest BCUT2D eigenvalue weighted by Crippen LogP contribution is -2.14. The Balaban J connectivity index is 1.72. The molecule has 0 aromatic heterocycles. The summed E-state index contributed by atoms with van der Waals surface area (Å²) in [5.74, 6) is 7.24. The number of rotatable bonds is 2. The van der Waals surface area contributed by atoms with Gasteiger partial charge in [0, 0.05) is 12.5 Å². The van der Waals surface area contributed by atoms with Gasteiger partial charge in [-0.05, 0) is 41.4 Å². The van der Waals surface area contributed by atoms with E-state index in [9.17, 15) is 0 Å². The quantitative estimate of drug-likeness (QED) is 0.577. The highest BCUT2D eigenvalue weighted by molar-refractivity contribution is 5.53. The molecule has 68 valence electrons. The molecule has 0 saturated heterocycles. The molecule has 6 atom stereocenters. The van der Waals surface area contributed by atoms with E-state index in [-0.39, 0.29) is 0 Å². The van der Waals surface area contributed by atoms with Gasteiger partial charge in [0.1, 0.15) is 0 Å². The van der Waals surface area contributed by atoms with Crippen molar-refractivity contribution < 1.29 is 4.74 Å². The monoisotopic (exact) mass is 174 g/mol. The lowest BCUT2D eigenvalue weighted by molar-refractivity contribution is 0.122. The van der Waals surface area contributed by atoms with Gasteiger partial charge in [0.25, 0.3) is 0 Å². The summed E-state index contributed by atoms with van der Waals surface area (Å²) in [7, 11) is 1.87. The molecule has 6 unspecified atom stereocenters. The van der Waals surface area contributed by atoms with Crippen LogP contribution in [0.15, 0.2) is 12.2 Å². The maximum Gasteiger partial charge on any atom is 0.0527 e. The molecule has 0 N–H and O–H groups in total. The third-order valence-corrected chi connectivity index (χ3v) is 6.13. The number of ether oxygens (including phenoxy) is 1. The van der Waals surface area contributed by atoms with Gasteiger partial charge in [-0.25, -0.2) is 0 Å². The Hall–Kier alpha value is -0.300. The minimum Gasteiger partial charge on any atom is -0.384 e. The van der Waals surface area contributed by atoms with Crippen molar-refractivity contribution >= 4 is 0 Å². The van der Waals surface area contributed by atoms with Gasteiger partial charge in [0.05, 0.1) is 6.61 Å². The van der Waals surface area contributed by atoms with Crippen LogP contribution < -0.4 is 0 Å². The molecule has 0 aliphatic heterocycles. The van der Waals surface area contributed by atoms with E-state index in [4.69, 9.17) is 4.74 Å². The molecule has 6 rings (SSSR count). The molecule has 0 aromatic carbocycles. The lowest BCUT2D eigenvalue weighted by Gasteiger charge is -2.13. The highest BCUT2D eigenvalue weighted by Crippen LogP contribution is 3.00. The van der Waals surface area contributed by atoms with Gasteiger partial charge in [-0.3, -0.25) is 0 Å². The Bertz CT molecular complexity index is 332. The Labute approximate surface area is 78.1 Å². The molecular weight excluding hydrogens is 160 g/mol. The van der Waals surface area contributed by atoms with Gasteiger partial charge in [0.15, 0.2) is 0 Å². The van der Waals surface area contributed by atoms with Crippen LogP contribution in [0.3, 0.4) is 0 Å². The Kier molecular flexibility index (Phi) is 0.639. The third-order valence-electron chi connectivity index (χ3n) is 6.13. The first-order chi connectivity index (χ1) is 6.34. The van der Waals surface area contributed by atoms with Crippen molar-refractivity contribution in [2.45, 2.75) is 0 Å². The molecule has 6 aliphatic rings. The number of allylic oxidation sites excluding steroid dienone is 1. The van der Waals surface area contributed by atoms with Gasteiger partial charge >= 0.3 is 0 Å². The van der Waals surface area contributed by atoms with Crippen molar-refractivity contribution in [3.05, 3.63) is 12.2 Å². The Morgan fingerprint density at radius 3 is 2.31 bits per heavy atom. The molecule has 6 saturated carbocycles. The predicted molar refractivity (Wildman–Crippen MR) is 47.9 cm³/mol. The highest BCUT2D eigenvalue weighted by Gasteiger charge is 2.98. The minimum absolute atomic E-state index is 0.695. The molecule has 0 radical (unpaired) electrons. The van der Waals surface area contributed by atoms with Gasteiger partial charge in [-0.15, -0.1) is 0 Å². The first-order valence-electron chi connectivity index (χ1n) is 5.51. The molecule has 0 amide bonds. The van der Waals surface area contributed by atoms with E-state index >= 15 is 0 Å². The standard InChI is InChI=1S/C12H14O/c1-4-5-7-8-6(4)11-10(5)12(11,3-13-2)9(7)8/h5-11H,1,3H2,2H3. The van der Waals surface area contributed by atoms with E-state index < -0.39 is 0 Å². The smallest absolute Gasteiger partial charge is 0.0527 e. The van der Waals surface area contributed by atoms with E-state index in [0.29, 0.717) is 5.41 Å². The van der Waals surface area contributed by atoms with Crippen molar-refractivity contribution in [2.75, 3.05) is 13.7 Å². The van der Waals surface area contributed by atoms with E-state index in [1.54, 1.807) is 5.57 Å². The molecule has 6 aliphatic carbocycles. The summed E-state index contributed by atoms with van der Waals surface area (Å²) in [6.45, 7) is 5.36.